The molecule has 1 fully saturated rings. The quantitative estimate of drug-likeness (QED) is 0.881. The number of para-hydroxylation sites is 1. The van der Waals surface area contributed by atoms with Gasteiger partial charge in [0.15, 0.2) is 0 Å². The summed E-state index contributed by atoms with van der Waals surface area (Å²) in [6, 6.07) is 9.15. The van der Waals surface area contributed by atoms with Crippen LogP contribution in [0.2, 0.25) is 0 Å². The molecule has 0 radical (unpaired) electrons. The number of carbonyl (C=O) groups is 1. The van der Waals surface area contributed by atoms with Gasteiger partial charge in [0.25, 0.3) is 0 Å². The summed E-state index contributed by atoms with van der Waals surface area (Å²) in [5.41, 5.74) is 0. The summed E-state index contributed by atoms with van der Waals surface area (Å²) < 4.78 is 5.27. The minimum atomic E-state index is -0.304. The van der Waals surface area contributed by atoms with Gasteiger partial charge in [0, 0.05) is 46.3 Å². The average molecular weight is 263 g/mol. The molecule has 1 heterocycles. The van der Waals surface area contributed by atoms with Crippen LogP contribution in [0.3, 0.4) is 0 Å². The van der Waals surface area contributed by atoms with Crippen molar-refractivity contribution in [2.24, 2.45) is 0 Å². The van der Waals surface area contributed by atoms with E-state index in [0.717, 1.165) is 32.7 Å². The zero-order valence-electron chi connectivity index (χ0n) is 11.3. The molecule has 5 heteroatoms. The van der Waals surface area contributed by atoms with Crippen LogP contribution in [0.25, 0.3) is 0 Å². The molecule has 1 saturated heterocycles. The first-order valence-corrected chi connectivity index (χ1v) is 6.67. The van der Waals surface area contributed by atoms with Gasteiger partial charge in [-0.3, -0.25) is 4.90 Å². The fourth-order valence-electron chi connectivity index (χ4n) is 1.98. The normalized spacial score (nSPS) is 16.1. The van der Waals surface area contributed by atoms with Crippen LogP contribution in [-0.4, -0.2) is 62.2 Å². The van der Waals surface area contributed by atoms with Crippen molar-refractivity contribution in [3.63, 3.8) is 0 Å². The van der Waals surface area contributed by atoms with E-state index < -0.39 is 0 Å². The predicted octanol–water partition coefficient (Wildman–Crippen LogP) is 1.02. The SMILES string of the molecule is CN(CCN1CCNCC1)C(=O)Oc1ccccc1. The zero-order chi connectivity index (χ0) is 13.5. The van der Waals surface area contributed by atoms with E-state index in [-0.39, 0.29) is 6.09 Å². The van der Waals surface area contributed by atoms with Crippen LogP contribution < -0.4 is 10.1 Å². The van der Waals surface area contributed by atoms with Gasteiger partial charge in [-0.25, -0.2) is 4.79 Å². The summed E-state index contributed by atoms with van der Waals surface area (Å²) in [6.45, 7) is 5.72. The number of amides is 1. The van der Waals surface area contributed by atoms with Crippen molar-refractivity contribution in [2.45, 2.75) is 0 Å². The van der Waals surface area contributed by atoms with E-state index in [1.165, 1.54) is 0 Å². The molecule has 1 amide bonds. The topological polar surface area (TPSA) is 44.8 Å². The molecule has 0 atom stereocenters. The fourth-order valence-corrected chi connectivity index (χ4v) is 1.98. The van der Waals surface area contributed by atoms with E-state index >= 15 is 0 Å². The van der Waals surface area contributed by atoms with Crippen LogP contribution in [-0.2, 0) is 0 Å². The molecule has 0 aromatic heterocycles. The maximum Gasteiger partial charge on any atom is 0.415 e. The number of piperazine rings is 1. The number of ether oxygens (including phenoxy) is 1. The maximum absolute atomic E-state index is 11.9. The minimum Gasteiger partial charge on any atom is -0.410 e. The summed E-state index contributed by atoms with van der Waals surface area (Å²) in [4.78, 5) is 15.8. The Morgan fingerprint density at radius 3 is 2.68 bits per heavy atom. The number of carbonyl (C=O) groups excluding carboxylic acids is 1. The van der Waals surface area contributed by atoms with E-state index in [9.17, 15) is 4.79 Å². The van der Waals surface area contributed by atoms with Gasteiger partial charge in [0.2, 0.25) is 0 Å². The molecule has 1 aliphatic heterocycles. The second-order valence-electron chi connectivity index (χ2n) is 4.69. The van der Waals surface area contributed by atoms with E-state index in [4.69, 9.17) is 4.74 Å². The number of benzene rings is 1. The molecule has 104 valence electrons. The number of nitrogens with one attached hydrogen (secondary N) is 1. The molecule has 0 aliphatic carbocycles. The summed E-state index contributed by atoms with van der Waals surface area (Å²) in [6.07, 6.45) is -0.304. The highest BCUT2D eigenvalue weighted by molar-refractivity contribution is 5.70. The van der Waals surface area contributed by atoms with Crippen LogP contribution in [0.1, 0.15) is 0 Å². The molecular weight excluding hydrogens is 242 g/mol. The summed E-state index contributed by atoms with van der Waals surface area (Å²) >= 11 is 0. The Bertz CT molecular complexity index is 391. The maximum atomic E-state index is 11.9. The number of hydrogen-bond acceptors (Lipinski definition) is 4. The minimum absolute atomic E-state index is 0.304. The van der Waals surface area contributed by atoms with Crippen molar-refractivity contribution < 1.29 is 9.53 Å². The van der Waals surface area contributed by atoms with E-state index in [0.29, 0.717) is 12.3 Å². The van der Waals surface area contributed by atoms with Gasteiger partial charge >= 0.3 is 6.09 Å². The van der Waals surface area contributed by atoms with Crippen LogP contribution in [0.4, 0.5) is 4.79 Å². The van der Waals surface area contributed by atoms with Crippen molar-refractivity contribution in [3.8, 4) is 5.75 Å². The summed E-state index contributed by atoms with van der Waals surface area (Å²) in [5, 5.41) is 3.31. The van der Waals surface area contributed by atoms with Gasteiger partial charge in [-0.05, 0) is 12.1 Å². The number of hydrogen-bond donors (Lipinski definition) is 1. The number of likely N-dealkylation sites (N-methyl/N-ethyl adjacent to an activating group) is 1. The van der Waals surface area contributed by atoms with Gasteiger partial charge in [-0.1, -0.05) is 18.2 Å². The lowest BCUT2D eigenvalue weighted by molar-refractivity contribution is 0.151. The summed E-state index contributed by atoms with van der Waals surface area (Å²) in [5.74, 6) is 0.585. The van der Waals surface area contributed by atoms with E-state index in [2.05, 4.69) is 10.2 Å². The number of rotatable bonds is 4. The van der Waals surface area contributed by atoms with Gasteiger partial charge < -0.3 is 15.0 Å². The molecular formula is C14H21N3O2. The predicted molar refractivity (Wildman–Crippen MR) is 74.4 cm³/mol. The Labute approximate surface area is 114 Å². The largest absolute Gasteiger partial charge is 0.415 e. The van der Waals surface area contributed by atoms with E-state index in [1.807, 2.05) is 18.2 Å². The molecule has 0 unspecified atom stereocenters. The highest BCUT2D eigenvalue weighted by Gasteiger charge is 2.14. The lowest BCUT2D eigenvalue weighted by Gasteiger charge is -2.28. The lowest BCUT2D eigenvalue weighted by Crippen LogP contribution is -2.46. The number of nitrogens with zero attached hydrogens (tertiary/aromatic N) is 2. The van der Waals surface area contributed by atoms with Gasteiger partial charge in [-0.2, -0.15) is 0 Å². The third-order valence-corrected chi connectivity index (χ3v) is 3.22. The van der Waals surface area contributed by atoms with E-state index in [1.54, 1.807) is 24.1 Å². The first-order chi connectivity index (χ1) is 9.25. The molecule has 1 aliphatic rings. The Kier molecular flexibility index (Phi) is 5.18. The van der Waals surface area contributed by atoms with Crippen molar-refractivity contribution in [1.82, 2.24) is 15.1 Å². The van der Waals surface area contributed by atoms with Crippen LogP contribution in [0.15, 0.2) is 30.3 Å². The average Bonchev–Trinajstić information content (AvgIpc) is 2.47. The first-order valence-electron chi connectivity index (χ1n) is 6.67. The Morgan fingerprint density at radius 2 is 2.00 bits per heavy atom. The Balaban J connectivity index is 1.73. The third-order valence-electron chi connectivity index (χ3n) is 3.22. The smallest absolute Gasteiger partial charge is 0.410 e. The van der Waals surface area contributed by atoms with Gasteiger partial charge in [0.05, 0.1) is 0 Å². The van der Waals surface area contributed by atoms with Crippen molar-refractivity contribution >= 4 is 6.09 Å². The highest BCUT2D eigenvalue weighted by Crippen LogP contribution is 2.09. The van der Waals surface area contributed by atoms with Crippen LogP contribution in [0.5, 0.6) is 5.75 Å². The first kappa shape index (κ1) is 13.8. The van der Waals surface area contributed by atoms with Gasteiger partial charge in [-0.15, -0.1) is 0 Å². The lowest BCUT2D eigenvalue weighted by atomic mass is 10.3. The molecule has 1 N–H and O–H groups in total. The molecule has 0 saturated carbocycles. The van der Waals surface area contributed by atoms with Gasteiger partial charge in [0.1, 0.15) is 5.75 Å². The molecule has 0 bridgehead atoms. The molecule has 5 nitrogen and oxygen atoms in total. The molecule has 2 rings (SSSR count). The molecule has 1 aromatic rings. The van der Waals surface area contributed by atoms with Crippen molar-refractivity contribution in [1.29, 1.82) is 0 Å². The zero-order valence-corrected chi connectivity index (χ0v) is 11.3. The molecule has 1 aromatic carbocycles. The second-order valence-corrected chi connectivity index (χ2v) is 4.69. The monoisotopic (exact) mass is 263 g/mol. The Hall–Kier alpha value is -1.59. The second kappa shape index (κ2) is 7.11. The van der Waals surface area contributed by atoms with Crippen LogP contribution >= 0.6 is 0 Å². The molecule has 0 spiro atoms. The molecule has 19 heavy (non-hydrogen) atoms. The van der Waals surface area contributed by atoms with Crippen molar-refractivity contribution in [3.05, 3.63) is 30.3 Å². The Morgan fingerprint density at radius 1 is 1.32 bits per heavy atom. The van der Waals surface area contributed by atoms with Crippen LogP contribution in [0, 0.1) is 0 Å². The standard InChI is InChI=1S/C14H21N3O2/c1-16(11-12-17-9-7-15-8-10-17)14(18)19-13-5-3-2-4-6-13/h2-6,15H,7-12H2,1H3. The van der Waals surface area contributed by atoms with Crippen molar-refractivity contribution in [2.75, 3.05) is 46.3 Å². The summed E-state index contributed by atoms with van der Waals surface area (Å²) in [7, 11) is 1.77. The highest BCUT2D eigenvalue weighted by atomic mass is 16.6. The fraction of sp³-hybridized carbons (Fsp3) is 0.500. The third kappa shape index (κ3) is 4.54.